The van der Waals surface area contributed by atoms with Gasteiger partial charge in [-0.05, 0) is 33.1 Å². The van der Waals surface area contributed by atoms with E-state index in [4.69, 9.17) is 4.74 Å². The van der Waals surface area contributed by atoms with Crippen molar-refractivity contribution < 1.29 is 17.9 Å². The van der Waals surface area contributed by atoms with Crippen LogP contribution < -0.4 is 5.32 Å². The molecule has 0 amide bonds. The Bertz CT molecular complexity index is 512. The Labute approximate surface area is 115 Å². The van der Waals surface area contributed by atoms with E-state index in [0.29, 0.717) is 18.1 Å². The largest absolute Gasteiger partial charge is 0.410 e. The number of aromatic nitrogens is 2. The summed E-state index contributed by atoms with van der Waals surface area (Å²) < 4.78 is 46.1. The second-order valence-corrected chi connectivity index (χ2v) is 5.59. The summed E-state index contributed by atoms with van der Waals surface area (Å²) in [6, 6.07) is -1.54. The lowest BCUT2D eigenvalue weighted by molar-refractivity contribution is -0.172. The molecule has 3 rings (SSSR count). The molecule has 0 aliphatic carbocycles. The lowest BCUT2D eigenvalue weighted by Crippen LogP contribution is -2.34. The summed E-state index contributed by atoms with van der Waals surface area (Å²) in [7, 11) is 0. The van der Waals surface area contributed by atoms with Crippen LogP contribution in [0.25, 0.3) is 0 Å². The number of hydrogen-bond donors (Lipinski definition) is 1. The van der Waals surface area contributed by atoms with Crippen molar-refractivity contribution in [1.29, 1.82) is 0 Å². The Balaban J connectivity index is 1.98. The average Bonchev–Trinajstić information content (AvgIpc) is 2.92. The highest BCUT2D eigenvalue weighted by atomic mass is 19.4. The van der Waals surface area contributed by atoms with Crippen LogP contribution in [-0.4, -0.2) is 28.6 Å². The maximum atomic E-state index is 13.1. The molecule has 1 saturated heterocycles. The summed E-state index contributed by atoms with van der Waals surface area (Å²) >= 11 is 0. The molecule has 0 spiro atoms. The van der Waals surface area contributed by atoms with Crippen molar-refractivity contribution in [2.75, 3.05) is 11.9 Å². The van der Waals surface area contributed by atoms with Gasteiger partial charge in [0.2, 0.25) is 0 Å². The third kappa shape index (κ3) is 2.17. The predicted octanol–water partition coefficient (Wildman–Crippen LogP) is 3.35. The molecule has 3 unspecified atom stereocenters. The van der Waals surface area contributed by atoms with Crippen LogP contribution in [0.5, 0.6) is 0 Å². The number of halogens is 3. The molecule has 0 aromatic carbocycles. The van der Waals surface area contributed by atoms with Crippen LogP contribution >= 0.6 is 0 Å². The Morgan fingerprint density at radius 1 is 1.30 bits per heavy atom. The molecule has 20 heavy (non-hydrogen) atoms. The van der Waals surface area contributed by atoms with Gasteiger partial charge in [-0.1, -0.05) is 0 Å². The quantitative estimate of drug-likeness (QED) is 0.861. The van der Waals surface area contributed by atoms with Crippen molar-refractivity contribution in [2.45, 2.75) is 57.5 Å². The molecule has 3 atom stereocenters. The van der Waals surface area contributed by atoms with Crippen molar-refractivity contribution in [3.63, 3.8) is 0 Å². The van der Waals surface area contributed by atoms with Gasteiger partial charge in [0.25, 0.3) is 0 Å². The van der Waals surface area contributed by atoms with Gasteiger partial charge in [0, 0.05) is 12.1 Å². The summed E-state index contributed by atoms with van der Waals surface area (Å²) in [5.74, 6) is 0.483. The van der Waals surface area contributed by atoms with E-state index in [1.54, 1.807) is 0 Å². The molecule has 2 aliphatic rings. The minimum absolute atomic E-state index is 0.0129. The van der Waals surface area contributed by atoms with Crippen LogP contribution in [0.15, 0.2) is 0 Å². The molecular weight excluding hydrogens is 271 g/mol. The summed E-state index contributed by atoms with van der Waals surface area (Å²) in [4.78, 5) is 0. The van der Waals surface area contributed by atoms with E-state index in [1.807, 2.05) is 13.8 Å². The van der Waals surface area contributed by atoms with Gasteiger partial charge < -0.3 is 10.1 Å². The van der Waals surface area contributed by atoms with Crippen molar-refractivity contribution in [3.05, 3.63) is 11.3 Å². The number of ether oxygens (including phenoxy) is 1. The lowest BCUT2D eigenvalue weighted by Gasteiger charge is -2.27. The molecule has 0 radical (unpaired) electrons. The third-order valence-corrected chi connectivity index (χ3v) is 4.10. The number of nitrogens with zero attached hydrogens (tertiary/aromatic N) is 2. The molecule has 0 saturated carbocycles. The van der Waals surface area contributed by atoms with Crippen molar-refractivity contribution >= 4 is 5.82 Å². The van der Waals surface area contributed by atoms with E-state index < -0.39 is 12.2 Å². The van der Waals surface area contributed by atoms with Crippen LogP contribution in [0, 0.1) is 6.92 Å². The van der Waals surface area contributed by atoms with Gasteiger partial charge in [0.1, 0.15) is 11.9 Å². The first-order chi connectivity index (χ1) is 9.38. The zero-order valence-electron chi connectivity index (χ0n) is 11.5. The van der Waals surface area contributed by atoms with Crippen molar-refractivity contribution in [1.82, 2.24) is 9.78 Å². The fourth-order valence-corrected chi connectivity index (χ4v) is 3.03. The first kappa shape index (κ1) is 13.7. The van der Waals surface area contributed by atoms with Crippen LogP contribution in [-0.2, 0) is 4.74 Å². The number of fused-ring (bicyclic) bond motifs is 1. The van der Waals surface area contributed by atoms with Gasteiger partial charge >= 0.3 is 6.18 Å². The lowest BCUT2D eigenvalue weighted by atomic mass is 10.1. The highest BCUT2D eigenvalue weighted by Crippen LogP contribution is 2.42. The molecule has 1 aromatic heterocycles. The SMILES string of the molecule is Cc1c(C2CCC(C)O2)nn2c1NCCC2C(F)(F)F. The van der Waals surface area contributed by atoms with Gasteiger partial charge in [0.05, 0.1) is 11.8 Å². The van der Waals surface area contributed by atoms with Gasteiger partial charge in [0.15, 0.2) is 6.04 Å². The van der Waals surface area contributed by atoms with E-state index >= 15 is 0 Å². The predicted molar refractivity (Wildman–Crippen MR) is 67.7 cm³/mol. The molecule has 1 fully saturated rings. The Morgan fingerprint density at radius 2 is 2.05 bits per heavy atom. The van der Waals surface area contributed by atoms with Gasteiger partial charge in [-0.25, -0.2) is 4.68 Å². The van der Waals surface area contributed by atoms with E-state index in [1.165, 1.54) is 0 Å². The number of rotatable bonds is 1. The summed E-state index contributed by atoms with van der Waals surface area (Å²) in [6.07, 6.45) is -2.56. The molecule has 1 N–H and O–H groups in total. The highest BCUT2D eigenvalue weighted by Gasteiger charge is 2.45. The monoisotopic (exact) mass is 289 g/mol. The maximum absolute atomic E-state index is 13.1. The van der Waals surface area contributed by atoms with Crippen LogP contribution in [0.2, 0.25) is 0 Å². The van der Waals surface area contributed by atoms with Gasteiger partial charge in [-0.3, -0.25) is 0 Å². The van der Waals surface area contributed by atoms with E-state index in [2.05, 4.69) is 10.4 Å². The topological polar surface area (TPSA) is 39.1 Å². The first-order valence-electron chi connectivity index (χ1n) is 6.93. The van der Waals surface area contributed by atoms with Crippen LogP contribution in [0.1, 0.15) is 49.6 Å². The standard InChI is InChI=1S/C13H18F3N3O/c1-7-3-4-9(20-7)11-8(2)12-17-6-5-10(13(14,15)16)19(12)18-11/h7,9-10,17H,3-6H2,1-2H3. The van der Waals surface area contributed by atoms with Gasteiger partial charge in [-0.2, -0.15) is 18.3 Å². The Morgan fingerprint density at radius 3 is 2.65 bits per heavy atom. The van der Waals surface area contributed by atoms with E-state index in [9.17, 15) is 13.2 Å². The zero-order valence-corrected chi connectivity index (χ0v) is 11.5. The minimum atomic E-state index is -4.27. The first-order valence-corrected chi connectivity index (χ1v) is 6.93. The smallest absolute Gasteiger partial charge is 0.370 e. The second kappa shape index (κ2) is 4.65. The number of hydrogen-bond acceptors (Lipinski definition) is 3. The molecular formula is C13H18F3N3O. The number of nitrogens with one attached hydrogen (secondary N) is 1. The highest BCUT2D eigenvalue weighted by molar-refractivity contribution is 5.49. The van der Waals surface area contributed by atoms with E-state index in [-0.39, 0.29) is 18.6 Å². The molecule has 112 valence electrons. The van der Waals surface area contributed by atoms with E-state index in [0.717, 1.165) is 23.1 Å². The average molecular weight is 289 g/mol. The van der Waals surface area contributed by atoms with Crippen molar-refractivity contribution in [3.8, 4) is 0 Å². The Kier molecular flexibility index (Phi) is 3.19. The second-order valence-electron chi connectivity index (χ2n) is 5.59. The molecule has 1 aromatic rings. The molecule has 3 heterocycles. The maximum Gasteiger partial charge on any atom is 0.410 e. The minimum Gasteiger partial charge on any atom is -0.370 e. The van der Waals surface area contributed by atoms with Gasteiger partial charge in [-0.15, -0.1) is 0 Å². The zero-order chi connectivity index (χ0) is 14.5. The molecule has 2 aliphatic heterocycles. The molecule has 0 bridgehead atoms. The normalized spacial score (nSPS) is 30.1. The summed E-state index contributed by atoms with van der Waals surface area (Å²) in [5.41, 5.74) is 1.42. The number of alkyl halides is 3. The fraction of sp³-hybridized carbons (Fsp3) is 0.769. The third-order valence-electron chi connectivity index (χ3n) is 4.10. The fourth-order valence-electron chi connectivity index (χ4n) is 3.03. The number of anilines is 1. The summed E-state index contributed by atoms with van der Waals surface area (Å²) in [5, 5.41) is 7.26. The van der Waals surface area contributed by atoms with Crippen LogP contribution in [0.4, 0.5) is 19.0 Å². The Hall–Kier alpha value is -1.24. The molecule has 7 heteroatoms. The van der Waals surface area contributed by atoms with Crippen molar-refractivity contribution in [2.24, 2.45) is 0 Å². The molecule has 4 nitrogen and oxygen atoms in total. The summed E-state index contributed by atoms with van der Waals surface area (Å²) in [6.45, 7) is 4.10. The van der Waals surface area contributed by atoms with Crippen LogP contribution in [0.3, 0.4) is 0 Å².